The van der Waals surface area contributed by atoms with Gasteiger partial charge in [0.2, 0.25) is 0 Å². The minimum Gasteiger partial charge on any atom is -0.497 e. The topological polar surface area (TPSA) is 76.2 Å². The smallest absolute Gasteiger partial charge is 0.267 e. The Kier molecular flexibility index (Phi) is 2.64. The molecule has 0 heterocycles. The normalized spacial score (nSPS) is 9.31. The van der Waals surface area contributed by atoms with Gasteiger partial charge in [-0.3, -0.25) is 10.2 Å². The molecular formula is C9H10N2O2. The van der Waals surface area contributed by atoms with E-state index in [9.17, 15) is 4.79 Å². The van der Waals surface area contributed by atoms with Gasteiger partial charge in [-0.1, -0.05) is 0 Å². The van der Waals surface area contributed by atoms with Crippen LogP contribution in [-0.4, -0.2) is 18.7 Å². The maximum Gasteiger partial charge on any atom is 0.267 e. The highest BCUT2D eigenvalue weighted by molar-refractivity contribution is 6.43. The predicted octanol–water partition coefficient (Wildman–Crippen LogP) is 0.548. The van der Waals surface area contributed by atoms with Crippen molar-refractivity contribution < 1.29 is 9.53 Å². The molecule has 1 aromatic carbocycles. The molecule has 0 aromatic heterocycles. The first-order valence-corrected chi connectivity index (χ1v) is 3.68. The van der Waals surface area contributed by atoms with E-state index in [1.165, 1.54) is 0 Å². The number of hydrogen-bond acceptors (Lipinski definition) is 3. The molecular weight excluding hydrogens is 168 g/mol. The third-order valence-electron chi connectivity index (χ3n) is 1.63. The van der Waals surface area contributed by atoms with Crippen LogP contribution in [0.1, 0.15) is 5.56 Å². The summed E-state index contributed by atoms with van der Waals surface area (Å²) in [6.07, 6.45) is 0. The molecule has 0 radical (unpaired) electrons. The van der Waals surface area contributed by atoms with E-state index in [2.05, 4.69) is 0 Å². The van der Waals surface area contributed by atoms with Crippen LogP contribution in [0.3, 0.4) is 0 Å². The Morgan fingerprint density at radius 3 is 2.31 bits per heavy atom. The lowest BCUT2D eigenvalue weighted by molar-refractivity contribution is -0.112. The van der Waals surface area contributed by atoms with Gasteiger partial charge in [0.15, 0.2) is 0 Å². The van der Waals surface area contributed by atoms with E-state index in [0.717, 1.165) is 0 Å². The van der Waals surface area contributed by atoms with Crippen molar-refractivity contribution >= 4 is 11.6 Å². The number of rotatable bonds is 3. The molecule has 13 heavy (non-hydrogen) atoms. The van der Waals surface area contributed by atoms with Crippen molar-refractivity contribution in [1.82, 2.24) is 0 Å². The van der Waals surface area contributed by atoms with Gasteiger partial charge in [0.25, 0.3) is 5.91 Å². The van der Waals surface area contributed by atoms with Crippen LogP contribution in [-0.2, 0) is 4.79 Å². The number of primary amides is 1. The van der Waals surface area contributed by atoms with Gasteiger partial charge in [0, 0.05) is 5.56 Å². The van der Waals surface area contributed by atoms with E-state index >= 15 is 0 Å². The average Bonchev–Trinajstić information content (AvgIpc) is 2.17. The fraction of sp³-hybridized carbons (Fsp3) is 0.111. The third-order valence-corrected chi connectivity index (χ3v) is 1.63. The van der Waals surface area contributed by atoms with E-state index in [-0.39, 0.29) is 5.71 Å². The van der Waals surface area contributed by atoms with Crippen molar-refractivity contribution in [3.8, 4) is 5.75 Å². The molecule has 0 aliphatic heterocycles. The minimum absolute atomic E-state index is 0.192. The molecule has 4 heteroatoms. The maximum absolute atomic E-state index is 10.6. The number of ether oxygens (including phenoxy) is 1. The predicted molar refractivity (Wildman–Crippen MR) is 49.0 cm³/mol. The van der Waals surface area contributed by atoms with E-state index < -0.39 is 5.91 Å². The second-order valence-electron chi connectivity index (χ2n) is 2.47. The Hall–Kier alpha value is -1.84. The molecule has 68 valence electrons. The standard InChI is InChI=1S/C9H10N2O2/c1-13-7-4-2-6(3-5-7)8(10)9(11)12/h2-5,10H,1H3,(H2,11,12). The molecule has 0 saturated heterocycles. The Morgan fingerprint density at radius 2 is 1.92 bits per heavy atom. The number of carbonyl (C=O) groups is 1. The van der Waals surface area contributed by atoms with Crippen LogP contribution in [0.25, 0.3) is 0 Å². The van der Waals surface area contributed by atoms with Crippen molar-refractivity contribution in [3.05, 3.63) is 29.8 Å². The highest BCUT2D eigenvalue weighted by atomic mass is 16.5. The number of methoxy groups -OCH3 is 1. The van der Waals surface area contributed by atoms with Crippen LogP contribution < -0.4 is 10.5 Å². The summed E-state index contributed by atoms with van der Waals surface area (Å²) in [5, 5.41) is 7.30. The van der Waals surface area contributed by atoms with Crippen LogP contribution in [0.2, 0.25) is 0 Å². The number of nitrogens with one attached hydrogen (secondary N) is 1. The van der Waals surface area contributed by atoms with Crippen LogP contribution >= 0.6 is 0 Å². The number of carbonyl (C=O) groups excluding carboxylic acids is 1. The molecule has 1 amide bonds. The first-order valence-electron chi connectivity index (χ1n) is 3.68. The second-order valence-corrected chi connectivity index (χ2v) is 2.47. The molecule has 4 nitrogen and oxygen atoms in total. The minimum atomic E-state index is -0.731. The van der Waals surface area contributed by atoms with Crippen molar-refractivity contribution in [2.24, 2.45) is 5.73 Å². The summed E-state index contributed by atoms with van der Waals surface area (Å²) in [4.78, 5) is 10.6. The lowest BCUT2D eigenvalue weighted by Crippen LogP contribution is -2.22. The van der Waals surface area contributed by atoms with E-state index in [0.29, 0.717) is 11.3 Å². The summed E-state index contributed by atoms with van der Waals surface area (Å²) in [6.45, 7) is 0. The zero-order valence-electron chi connectivity index (χ0n) is 7.20. The Labute approximate surface area is 75.8 Å². The summed E-state index contributed by atoms with van der Waals surface area (Å²) in [7, 11) is 1.55. The molecule has 0 atom stereocenters. The average molecular weight is 178 g/mol. The van der Waals surface area contributed by atoms with Crippen molar-refractivity contribution in [3.63, 3.8) is 0 Å². The van der Waals surface area contributed by atoms with Gasteiger partial charge >= 0.3 is 0 Å². The molecule has 0 bridgehead atoms. The highest BCUT2D eigenvalue weighted by Crippen LogP contribution is 2.11. The summed E-state index contributed by atoms with van der Waals surface area (Å²) >= 11 is 0. The van der Waals surface area contributed by atoms with Crippen LogP contribution in [0, 0.1) is 5.41 Å². The van der Waals surface area contributed by atoms with Gasteiger partial charge in [-0.25, -0.2) is 0 Å². The molecule has 0 saturated carbocycles. The number of amides is 1. The number of benzene rings is 1. The Bertz CT molecular complexity index is 330. The van der Waals surface area contributed by atoms with Gasteiger partial charge in [-0.15, -0.1) is 0 Å². The monoisotopic (exact) mass is 178 g/mol. The fourth-order valence-corrected chi connectivity index (χ4v) is 0.900. The molecule has 0 aliphatic rings. The zero-order valence-corrected chi connectivity index (χ0v) is 7.20. The first kappa shape index (κ1) is 9.25. The van der Waals surface area contributed by atoms with Gasteiger partial charge < -0.3 is 10.5 Å². The molecule has 0 spiro atoms. The fourth-order valence-electron chi connectivity index (χ4n) is 0.900. The Morgan fingerprint density at radius 1 is 1.38 bits per heavy atom. The quantitative estimate of drug-likeness (QED) is 0.663. The third kappa shape index (κ3) is 2.05. The number of nitrogens with two attached hydrogens (primary N) is 1. The zero-order chi connectivity index (χ0) is 9.84. The maximum atomic E-state index is 10.6. The SMILES string of the molecule is COc1ccc(C(=N)C(N)=O)cc1. The highest BCUT2D eigenvalue weighted by Gasteiger charge is 2.06. The molecule has 0 fully saturated rings. The molecule has 1 rings (SSSR count). The molecule has 3 N–H and O–H groups in total. The lowest BCUT2D eigenvalue weighted by atomic mass is 10.1. The van der Waals surface area contributed by atoms with Crippen LogP contribution in [0.4, 0.5) is 0 Å². The molecule has 0 unspecified atom stereocenters. The van der Waals surface area contributed by atoms with Gasteiger partial charge in [0.05, 0.1) is 7.11 Å². The molecule has 0 aliphatic carbocycles. The van der Waals surface area contributed by atoms with Gasteiger partial charge in [-0.2, -0.15) is 0 Å². The second kappa shape index (κ2) is 3.71. The van der Waals surface area contributed by atoms with E-state index in [1.54, 1.807) is 31.4 Å². The lowest BCUT2D eigenvalue weighted by Gasteiger charge is -2.01. The largest absolute Gasteiger partial charge is 0.497 e. The first-order chi connectivity index (χ1) is 6.15. The van der Waals surface area contributed by atoms with Gasteiger partial charge in [0.1, 0.15) is 11.5 Å². The van der Waals surface area contributed by atoms with E-state index in [4.69, 9.17) is 15.9 Å². The van der Waals surface area contributed by atoms with E-state index in [1.807, 2.05) is 0 Å². The van der Waals surface area contributed by atoms with Crippen molar-refractivity contribution in [2.75, 3.05) is 7.11 Å². The Balaban J connectivity index is 2.92. The van der Waals surface area contributed by atoms with Crippen LogP contribution in [0.5, 0.6) is 5.75 Å². The summed E-state index contributed by atoms with van der Waals surface area (Å²) < 4.78 is 4.92. The summed E-state index contributed by atoms with van der Waals surface area (Å²) in [6, 6.07) is 6.58. The van der Waals surface area contributed by atoms with Crippen LogP contribution in [0.15, 0.2) is 24.3 Å². The van der Waals surface area contributed by atoms with Crippen molar-refractivity contribution in [2.45, 2.75) is 0 Å². The summed E-state index contributed by atoms with van der Waals surface area (Å²) in [5.41, 5.74) is 5.25. The van der Waals surface area contributed by atoms with Crippen molar-refractivity contribution in [1.29, 1.82) is 5.41 Å². The molecule has 1 aromatic rings. The number of hydrogen-bond donors (Lipinski definition) is 2. The summed E-state index contributed by atoms with van der Waals surface area (Å²) in [5.74, 6) is -0.0498. The van der Waals surface area contributed by atoms with Gasteiger partial charge in [-0.05, 0) is 24.3 Å².